The van der Waals surface area contributed by atoms with Gasteiger partial charge in [-0.1, -0.05) is 63.7 Å². The van der Waals surface area contributed by atoms with E-state index in [1.165, 1.54) is 51.4 Å². The van der Waals surface area contributed by atoms with Crippen LogP contribution >= 0.6 is 0 Å². The molecule has 0 spiro atoms. The van der Waals surface area contributed by atoms with Gasteiger partial charge in [-0.2, -0.15) is 0 Å². The molecule has 0 radical (unpaired) electrons. The Labute approximate surface area is 170 Å². The number of hydrogen-bond acceptors (Lipinski definition) is 2. The van der Waals surface area contributed by atoms with Gasteiger partial charge < -0.3 is 4.74 Å². The number of methoxy groups -OCH3 is 1. The van der Waals surface area contributed by atoms with Crippen LogP contribution in [0.25, 0.3) is 6.08 Å². The van der Waals surface area contributed by atoms with E-state index >= 15 is 0 Å². The van der Waals surface area contributed by atoms with Gasteiger partial charge >= 0.3 is 0 Å². The van der Waals surface area contributed by atoms with Crippen molar-refractivity contribution in [3.8, 4) is 5.75 Å². The summed E-state index contributed by atoms with van der Waals surface area (Å²) in [6, 6.07) is 11.4. The molecule has 0 amide bonds. The Morgan fingerprint density at radius 3 is 2.25 bits per heavy atom. The van der Waals surface area contributed by atoms with Gasteiger partial charge in [0.1, 0.15) is 12.3 Å². The lowest BCUT2D eigenvalue weighted by molar-refractivity contribution is -0.697. The zero-order valence-electron chi connectivity index (χ0n) is 17.4. The molecule has 2 rings (SSSR count). The second-order valence-corrected chi connectivity index (χ2v) is 7.24. The van der Waals surface area contributed by atoms with Gasteiger partial charge in [0, 0.05) is 18.6 Å². The molecule has 0 saturated heterocycles. The van der Waals surface area contributed by atoms with Crippen LogP contribution in [-0.4, -0.2) is 12.9 Å². The van der Waals surface area contributed by atoms with Crippen LogP contribution < -0.4 is 9.30 Å². The van der Waals surface area contributed by atoms with Crippen LogP contribution in [0.4, 0.5) is 0 Å². The van der Waals surface area contributed by atoms with Gasteiger partial charge in [-0.15, -0.1) is 0 Å². The molecule has 2 aromatic rings. The third-order valence-corrected chi connectivity index (χ3v) is 4.99. The van der Waals surface area contributed by atoms with Crippen molar-refractivity contribution in [3.05, 3.63) is 66.0 Å². The van der Waals surface area contributed by atoms with Crippen LogP contribution in [-0.2, 0) is 6.54 Å². The van der Waals surface area contributed by atoms with Crippen molar-refractivity contribution in [1.82, 2.24) is 0 Å². The number of aromatic nitrogens is 1. The average Bonchev–Trinajstić information content (AvgIpc) is 2.74. The molecular weight excluding hydrogens is 346 g/mol. The molecule has 0 aliphatic rings. The summed E-state index contributed by atoms with van der Waals surface area (Å²) in [7, 11) is 1.58. The molecule has 1 heterocycles. The van der Waals surface area contributed by atoms with Gasteiger partial charge in [-0.3, -0.25) is 4.79 Å². The van der Waals surface area contributed by atoms with Crippen LogP contribution in [0.5, 0.6) is 5.75 Å². The Hall–Kier alpha value is -2.42. The van der Waals surface area contributed by atoms with Crippen molar-refractivity contribution in [3.63, 3.8) is 0 Å². The van der Waals surface area contributed by atoms with Gasteiger partial charge in [0.25, 0.3) is 0 Å². The molecule has 1 aromatic heterocycles. The van der Waals surface area contributed by atoms with Gasteiger partial charge in [0.15, 0.2) is 18.2 Å². The SMILES string of the molecule is CCCCCCCCCC[n+]1ccc(/C=C/C(=O)c2ccccc2OC)cc1. The first-order valence-corrected chi connectivity index (χ1v) is 10.6. The predicted octanol–water partition coefficient (Wildman–Crippen LogP) is 6.02. The minimum absolute atomic E-state index is 0.0480. The van der Waals surface area contributed by atoms with Crippen molar-refractivity contribution in [2.75, 3.05) is 7.11 Å². The van der Waals surface area contributed by atoms with E-state index in [4.69, 9.17) is 4.74 Å². The van der Waals surface area contributed by atoms with E-state index in [2.05, 4.69) is 36.0 Å². The monoisotopic (exact) mass is 380 g/mol. The summed E-state index contributed by atoms with van der Waals surface area (Å²) in [5.41, 5.74) is 1.61. The fourth-order valence-corrected chi connectivity index (χ4v) is 3.27. The highest BCUT2D eigenvalue weighted by Gasteiger charge is 2.08. The molecule has 0 N–H and O–H groups in total. The first-order valence-electron chi connectivity index (χ1n) is 10.6. The minimum Gasteiger partial charge on any atom is -0.496 e. The molecule has 0 aliphatic carbocycles. The van der Waals surface area contributed by atoms with Crippen LogP contribution in [0, 0.1) is 0 Å². The lowest BCUT2D eigenvalue weighted by atomic mass is 10.1. The molecule has 28 heavy (non-hydrogen) atoms. The predicted molar refractivity (Wildman–Crippen MR) is 116 cm³/mol. The molecule has 0 atom stereocenters. The Morgan fingerprint density at radius 2 is 1.57 bits per heavy atom. The number of allylic oxidation sites excluding steroid dienone is 1. The first-order chi connectivity index (χ1) is 13.7. The van der Waals surface area contributed by atoms with E-state index in [-0.39, 0.29) is 5.78 Å². The molecule has 3 heteroatoms. The maximum atomic E-state index is 12.4. The number of ketones is 1. The molecule has 3 nitrogen and oxygen atoms in total. The normalized spacial score (nSPS) is 11.1. The zero-order chi connectivity index (χ0) is 20.0. The maximum Gasteiger partial charge on any atom is 0.189 e. The quantitative estimate of drug-likeness (QED) is 0.184. The fraction of sp³-hybridized carbons (Fsp3) is 0.440. The summed E-state index contributed by atoms with van der Waals surface area (Å²) < 4.78 is 7.47. The lowest BCUT2D eigenvalue weighted by Gasteiger charge is -2.04. The van der Waals surface area contributed by atoms with E-state index in [0.717, 1.165) is 12.1 Å². The third-order valence-electron chi connectivity index (χ3n) is 4.99. The molecule has 0 aliphatic heterocycles. The van der Waals surface area contributed by atoms with E-state index in [0.29, 0.717) is 11.3 Å². The number of aryl methyl sites for hydroxylation is 1. The number of nitrogens with zero attached hydrogens (tertiary/aromatic N) is 1. The number of unbranched alkanes of at least 4 members (excludes halogenated alkanes) is 7. The van der Waals surface area contributed by atoms with Crippen LogP contribution in [0.3, 0.4) is 0 Å². The van der Waals surface area contributed by atoms with Crippen molar-refractivity contribution < 1.29 is 14.1 Å². The molecule has 0 saturated carbocycles. The van der Waals surface area contributed by atoms with Gasteiger partial charge in [-0.05, 0) is 30.2 Å². The Morgan fingerprint density at radius 1 is 0.929 bits per heavy atom. The van der Waals surface area contributed by atoms with Crippen molar-refractivity contribution in [2.45, 2.75) is 64.8 Å². The molecule has 0 fully saturated rings. The first kappa shape index (κ1) is 21.9. The summed E-state index contributed by atoms with van der Waals surface area (Å²) in [4.78, 5) is 12.4. The zero-order valence-corrected chi connectivity index (χ0v) is 17.4. The van der Waals surface area contributed by atoms with E-state index in [9.17, 15) is 4.79 Å². The summed E-state index contributed by atoms with van der Waals surface area (Å²) in [6.45, 7) is 3.32. The molecule has 0 unspecified atom stereocenters. The third kappa shape index (κ3) is 7.67. The number of ether oxygens (including phenoxy) is 1. The smallest absolute Gasteiger partial charge is 0.189 e. The summed E-state index contributed by atoms with van der Waals surface area (Å²) in [5, 5.41) is 0. The summed E-state index contributed by atoms with van der Waals surface area (Å²) >= 11 is 0. The second-order valence-electron chi connectivity index (χ2n) is 7.24. The highest BCUT2D eigenvalue weighted by molar-refractivity contribution is 6.08. The Bertz CT molecular complexity index is 734. The molecule has 0 bridgehead atoms. The number of hydrogen-bond donors (Lipinski definition) is 0. The highest BCUT2D eigenvalue weighted by Crippen LogP contribution is 2.18. The van der Waals surface area contributed by atoms with Gasteiger partial charge in [0.05, 0.1) is 12.7 Å². The second kappa shape index (κ2) is 12.9. The summed E-state index contributed by atoms with van der Waals surface area (Å²) in [6.07, 6.45) is 18.3. The van der Waals surface area contributed by atoms with Crippen molar-refractivity contribution in [2.24, 2.45) is 0 Å². The van der Waals surface area contributed by atoms with E-state index in [1.54, 1.807) is 25.3 Å². The standard InChI is InChI=1S/C25H34NO2/c1-3-4-5-6-7-8-9-12-19-26-20-17-22(18-21-26)15-16-24(27)23-13-10-11-14-25(23)28-2/h10-11,13-18,20-21H,3-9,12,19H2,1-2H3/q+1/b16-15+. The fourth-order valence-electron chi connectivity index (χ4n) is 3.27. The van der Waals surface area contributed by atoms with Gasteiger partial charge in [-0.25, -0.2) is 4.57 Å². The Kier molecular flexibility index (Phi) is 10.1. The number of rotatable bonds is 13. The van der Waals surface area contributed by atoms with Crippen LogP contribution in [0.2, 0.25) is 0 Å². The van der Waals surface area contributed by atoms with E-state index in [1.807, 2.05) is 18.2 Å². The number of para-hydroxylation sites is 1. The van der Waals surface area contributed by atoms with Gasteiger partial charge in [0.2, 0.25) is 0 Å². The number of carbonyl (C=O) groups excluding carboxylic acids is 1. The topological polar surface area (TPSA) is 30.2 Å². The average molecular weight is 381 g/mol. The molecule has 1 aromatic carbocycles. The lowest BCUT2D eigenvalue weighted by Crippen LogP contribution is -2.32. The van der Waals surface area contributed by atoms with E-state index < -0.39 is 0 Å². The molecule has 150 valence electrons. The number of benzene rings is 1. The molecular formula is C25H34NO2+. The van der Waals surface area contributed by atoms with Crippen molar-refractivity contribution in [1.29, 1.82) is 0 Å². The summed E-state index contributed by atoms with van der Waals surface area (Å²) in [5.74, 6) is 0.557. The number of pyridine rings is 1. The number of carbonyl (C=O) groups is 1. The highest BCUT2D eigenvalue weighted by atomic mass is 16.5. The minimum atomic E-state index is -0.0480. The van der Waals surface area contributed by atoms with Crippen LogP contribution in [0.15, 0.2) is 54.9 Å². The maximum absolute atomic E-state index is 12.4. The van der Waals surface area contributed by atoms with Crippen LogP contribution in [0.1, 0.15) is 74.2 Å². The van der Waals surface area contributed by atoms with Crippen molar-refractivity contribution >= 4 is 11.9 Å². The largest absolute Gasteiger partial charge is 0.496 e. The Balaban J connectivity index is 1.75.